The Hall–Kier alpha value is -1.99. The molecule has 0 aromatic carbocycles. The van der Waals surface area contributed by atoms with Crippen LogP contribution in [0.2, 0.25) is 0 Å². The van der Waals surface area contributed by atoms with Gasteiger partial charge in [-0.2, -0.15) is 0 Å². The van der Waals surface area contributed by atoms with Gasteiger partial charge in [0.25, 0.3) is 5.56 Å². The van der Waals surface area contributed by atoms with E-state index in [1.807, 2.05) is 16.8 Å². The number of thiophene rings is 1. The first kappa shape index (κ1) is 16.2. The minimum Gasteiger partial charge on any atom is -0.382 e. The summed E-state index contributed by atoms with van der Waals surface area (Å²) in [5, 5.41) is 4.54. The van der Waals surface area contributed by atoms with Gasteiger partial charge in [-0.05, 0) is 44.6 Å². The maximum atomic E-state index is 13.1. The molecule has 7 heteroatoms. The van der Waals surface area contributed by atoms with Crippen molar-refractivity contribution >= 4 is 37.5 Å². The summed E-state index contributed by atoms with van der Waals surface area (Å²) in [6.07, 6.45) is 10.2. The second-order valence-electron chi connectivity index (χ2n) is 7.36. The normalized spacial score (nSPS) is 23.6. The number of hydrogen-bond donors (Lipinski definition) is 1. The van der Waals surface area contributed by atoms with Gasteiger partial charge in [-0.15, -0.1) is 11.3 Å². The Morgan fingerprint density at radius 1 is 1.19 bits per heavy atom. The molecule has 136 valence electrons. The lowest BCUT2D eigenvalue weighted by atomic mass is 9.93. The van der Waals surface area contributed by atoms with Crippen molar-refractivity contribution < 1.29 is 4.74 Å². The number of nitrogens with zero attached hydrogens (tertiary/aromatic N) is 3. The van der Waals surface area contributed by atoms with Crippen LogP contribution in [0.25, 0.3) is 20.4 Å². The van der Waals surface area contributed by atoms with Crippen LogP contribution in [0.1, 0.15) is 44.6 Å². The molecule has 3 aromatic heterocycles. The molecule has 2 aliphatic carbocycles. The molecular formula is C19H22N4O2S. The van der Waals surface area contributed by atoms with Crippen molar-refractivity contribution in [3.8, 4) is 0 Å². The molecule has 0 aliphatic heterocycles. The van der Waals surface area contributed by atoms with Crippen LogP contribution in [-0.2, 0) is 4.74 Å². The van der Waals surface area contributed by atoms with Gasteiger partial charge in [0.2, 0.25) is 0 Å². The summed E-state index contributed by atoms with van der Waals surface area (Å²) in [5.74, 6) is 0. The van der Waals surface area contributed by atoms with Gasteiger partial charge in [0.05, 0.1) is 23.3 Å². The molecule has 0 saturated heterocycles. The molecule has 0 amide bonds. The largest absolute Gasteiger partial charge is 0.382 e. The summed E-state index contributed by atoms with van der Waals surface area (Å²) in [6.45, 7) is 0. The second-order valence-corrected chi connectivity index (χ2v) is 8.36. The summed E-state index contributed by atoms with van der Waals surface area (Å²) in [7, 11) is 1.77. The number of hydrogen-bond acceptors (Lipinski definition) is 6. The van der Waals surface area contributed by atoms with Crippen molar-refractivity contribution in [2.24, 2.45) is 0 Å². The van der Waals surface area contributed by atoms with Crippen molar-refractivity contribution in [1.82, 2.24) is 14.5 Å². The van der Waals surface area contributed by atoms with Gasteiger partial charge < -0.3 is 10.1 Å². The Labute approximate surface area is 155 Å². The number of nitrogens with one attached hydrogen (secondary N) is 1. The zero-order valence-electron chi connectivity index (χ0n) is 14.8. The number of aromatic nitrogens is 3. The number of anilines is 1. The number of fused-ring (bicyclic) bond motifs is 3. The second kappa shape index (κ2) is 6.32. The molecule has 0 radical (unpaired) electrons. The fourth-order valence-corrected chi connectivity index (χ4v) is 5.01. The molecule has 0 atom stereocenters. The molecule has 5 rings (SSSR count). The number of pyridine rings is 1. The molecule has 0 unspecified atom stereocenters. The summed E-state index contributed by atoms with van der Waals surface area (Å²) in [4.78, 5) is 23.2. The molecule has 6 nitrogen and oxygen atoms in total. The van der Waals surface area contributed by atoms with E-state index >= 15 is 0 Å². The summed E-state index contributed by atoms with van der Waals surface area (Å²) in [6, 6.07) is 2.76. The van der Waals surface area contributed by atoms with Gasteiger partial charge in [-0.3, -0.25) is 9.36 Å². The molecular weight excluding hydrogens is 348 g/mol. The molecule has 3 heterocycles. The highest BCUT2D eigenvalue weighted by molar-refractivity contribution is 7.25. The fraction of sp³-hybridized carbons (Fsp3) is 0.526. The van der Waals surface area contributed by atoms with Crippen molar-refractivity contribution in [3.05, 3.63) is 28.9 Å². The SMILES string of the molecule is COC1CCC(n2cnc3c(sc4nccc(NC5CC5)c43)c2=O)CC1. The topological polar surface area (TPSA) is 69.0 Å². The predicted molar refractivity (Wildman–Crippen MR) is 104 cm³/mol. The first-order valence-corrected chi connectivity index (χ1v) is 10.1. The number of methoxy groups -OCH3 is 1. The van der Waals surface area contributed by atoms with E-state index in [4.69, 9.17) is 9.72 Å². The van der Waals surface area contributed by atoms with Crippen LogP contribution in [0.15, 0.2) is 23.4 Å². The quantitative estimate of drug-likeness (QED) is 0.758. The van der Waals surface area contributed by atoms with E-state index in [9.17, 15) is 4.79 Å². The van der Waals surface area contributed by atoms with E-state index in [0.717, 1.165) is 47.1 Å². The van der Waals surface area contributed by atoms with Crippen LogP contribution in [0.4, 0.5) is 5.69 Å². The van der Waals surface area contributed by atoms with E-state index in [1.54, 1.807) is 13.4 Å². The average molecular weight is 370 g/mol. The zero-order chi connectivity index (χ0) is 17.7. The Morgan fingerprint density at radius 3 is 2.73 bits per heavy atom. The third-order valence-electron chi connectivity index (χ3n) is 5.61. The molecule has 2 saturated carbocycles. The van der Waals surface area contributed by atoms with Gasteiger partial charge in [-0.1, -0.05) is 0 Å². The van der Waals surface area contributed by atoms with Crippen LogP contribution in [0, 0.1) is 0 Å². The summed E-state index contributed by atoms with van der Waals surface area (Å²) >= 11 is 1.46. The zero-order valence-corrected chi connectivity index (χ0v) is 15.6. The molecule has 1 N–H and O–H groups in total. The minimum absolute atomic E-state index is 0.0660. The first-order chi connectivity index (χ1) is 12.7. The van der Waals surface area contributed by atoms with Crippen molar-refractivity contribution in [3.63, 3.8) is 0 Å². The monoisotopic (exact) mass is 370 g/mol. The fourth-order valence-electron chi connectivity index (χ4n) is 3.95. The minimum atomic E-state index is 0.0660. The molecule has 26 heavy (non-hydrogen) atoms. The summed E-state index contributed by atoms with van der Waals surface area (Å²) < 4.78 is 8.00. The van der Waals surface area contributed by atoms with Crippen molar-refractivity contribution in [1.29, 1.82) is 0 Å². The van der Waals surface area contributed by atoms with Crippen molar-refractivity contribution in [2.75, 3.05) is 12.4 Å². The summed E-state index contributed by atoms with van der Waals surface area (Å²) in [5.41, 5.74) is 1.90. The Bertz CT molecular complexity index is 1020. The Kier molecular flexibility index (Phi) is 3.94. The predicted octanol–water partition coefficient (Wildman–Crippen LogP) is 3.71. The highest BCUT2D eigenvalue weighted by atomic mass is 32.1. The van der Waals surface area contributed by atoms with Gasteiger partial charge in [-0.25, -0.2) is 9.97 Å². The third kappa shape index (κ3) is 2.70. The molecule has 2 fully saturated rings. The van der Waals surface area contributed by atoms with Gasteiger partial charge in [0.1, 0.15) is 9.53 Å². The van der Waals surface area contributed by atoms with Crippen molar-refractivity contribution in [2.45, 2.75) is 56.7 Å². The lowest BCUT2D eigenvalue weighted by molar-refractivity contribution is 0.0579. The van der Waals surface area contributed by atoms with Gasteiger partial charge in [0, 0.05) is 31.1 Å². The maximum absolute atomic E-state index is 13.1. The molecule has 0 bridgehead atoms. The van der Waals surface area contributed by atoms with Crippen LogP contribution >= 0.6 is 11.3 Å². The first-order valence-electron chi connectivity index (χ1n) is 9.32. The van der Waals surface area contributed by atoms with Crippen LogP contribution in [0.5, 0.6) is 0 Å². The average Bonchev–Trinajstić information content (AvgIpc) is 3.40. The van der Waals surface area contributed by atoms with E-state index in [1.165, 1.54) is 24.2 Å². The highest BCUT2D eigenvalue weighted by Gasteiger charge is 2.26. The lowest BCUT2D eigenvalue weighted by Crippen LogP contribution is -2.29. The van der Waals surface area contributed by atoms with E-state index in [-0.39, 0.29) is 11.6 Å². The maximum Gasteiger partial charge on any atom is 0.271 e. The van der Waals surface area contributed by atoms with E-state index < -0.39 is 0 Å². The Morgan fingerprint density at radius 2 is 2.00 bits per heavy atom. The van der Waals surface area contributed by atoms with Gasteiger partial charge >= 0.3 is 0 Å². The van der Waals surface area contributed by atoms with E-state index in [0.29, 0.717) is 16.8 Å². The van der Waals surface area contributed by atoms with Crippen LogP contribution in [-0.4, -0.2) is 33.8 Å². The third-order valence-corrected chi connectivity index (χ3v) is 6.69. The highest BCUT2D eigenvalue weighted by Crippen LogP contribution is 2.37. The molecule has 0 spiro atoms. The molecule has 3 aromatic rings. The lowest BCUT2D eigenvalue weighted by Gasteiger charge is -2.28. The van der Waals surface area contributed by atoms with Crippen LogP contribution < -0.4 is 10.9 Å². The molecule has 2 aliphatic rings. The number of rotatable bonds is 4. The van der Waals surface area contributed by atoms with E-state index in [2.05, 4.69) is 10.3 Å². The smallest absolute Gasteiger partial charge is 0.271 e. The standard InChI is InChI=1S/C19H22N4O2S/c1-25-13-6-4-12(5-7-13)23-10-21-16-15-14(22-11-2-3-11)8-9-20-18(15)26-17(16)19(23)24/h8-13H,2-7H2,1H3,(H,20,22). The number of ether oxygens (including phenoxy) is 1. The Balaban J connectivity index is 1.58. The van der Waals surface area contributed by atoms with Gasteiger partial charge in [0.15, 0.2) is 0 Å². The van der Waals surface area contributed by atoms with Crippen LogP contribution in [0.3, 0.4) is 0 Å².